The average Bonchev–Trinajstić information content (AvgIpc) is 2.49. The highest BCUT2D eigenvalue weighted by atomic mass is 16.5. The number of phenols is 3. The zero-order valence-corrected chi connectivity index (χ0v) is 12.0. The van der Waals surface area contributed by atoms with Gasteiger partial charge in [-0.2, -0.15) is 0 Å². The SMILES string of the molecule is COc1cc(CCc2cc(O)c(O)c(O)c2)cc(OC)c1. The minimum absolute atomic E-state index is 0.326. The molecule has 0 aliphatic rings. The summed E-state index contributed by atoms with van der Waals surface area (Å²) in [4.78, 5) is 0. The first-order valence-corrected chi connectivity index (χ1v) is 6.49. The fourth-order valence-electron chi connectivity index (χ4n) is 2.10. The van der Waals surface area contributed by atoms with Crippen LogP contribution in [0.2, 0.25) is 0 Å². The van der Waals surface area contributed by atoms with Gasteiger partial charge in [-0.3, -0.25) is 0 Å². The molecule has 0 aromatic heterocycles. The number of methoxy groups -OCH3 is 2. The average molecular weight is 290 g/mol. The second-order valence-corrected chi connectivity index (χ2v) is 4.70. The van der Waals surface area contributed by atoms with Crippen LogP contribution in [0.1, 0.15) is 11.1 Å². The molecule has 0 amide bonds. The van der Waals surface area contributed by atoms with Crippen LogP contribution in [0.15, 0.2) is 30.3 Å². The quantitative estimate of drug-likeness (QED) is 0.738. The molecular weight excluding hydrogens is 272 g/mol. The van der Waals surface area contributed by atoms with Crippen molar-refractivity contribution in [2.24, 2.45) is 0 Å². The van der Waals surface area contributed by atoms with Gasteiger partial charge in [-0.05, 0) is 48.2 Å². The van der Waals surface area contributed by atoms with Crippen molar-refractivity contribution in [2.75, 3.05) is 14.2 Å². The Balaban J connectivity index is 2.16. The van der Waals surface area contributed by atoms with Gasteiger partial charge in [0.15, 0.2) is 17.2 Å². The van der Waals surface area contributed by atoms with Crippen LogP contribution in [0, 0.1) is 0 Å². The molecule has 0 saturated carbocycles. The summed E-state index contributed by atoms with van der Waals surface area (Å²) in [5, 5.41) is 28.3. The summed E-state index contributed by atoms with van der Waals surface area (Å²) in [6, 6.07) is 8.48. The van der Waals surface area contributed by atoms with Crippen LogP contribution in [0.25, 0.3) is 0 Å². The van der Waals surface area contributed by atoms with Gasteiger partial charge in [0.2, 0.25) is 0 Å². The van der Waals surface area contributed by atoms with Gasteiger partial charge < -0.3 is 24.8 Å². The van der Waals surface area contributed by atoms with E-state index < -0.39 is 5.75 Å². The highest BCUT2D eigenvalue weighted by Gasteiger charge is 2.09. The van der Waals surface area contributed by atoms with E-state index in [1.54, 1.807) is 20.3 Å². The summed E-state index contributed by atoms with van der Waals surface area (Å²) < 4.78 is 10.4. The van der Waals surface area contributed by atoms with Crippen molar-refractivity contribution >= 4 is 0 Å². The molecule has 5 heteroatoms. The highest BCUT2D eigenvalue weighted by molar-refractivity contribution is 5.51. The Morgan fingerprint density at radius 1 is 0.714 bits per heavy atom. The zero-order chi connectivity index (χ0) is 15.4. The molecule has 0 saturated heterocycles. The third kappa shape index (κ3) is 3.51. The predicted molar refractivity (Wildman–Crippen MR) is 78.4 cm³/mol. The van der Waals surface area contributed by atoms with Crippen LogP contribution in [0.5, 0.6) is 28.7 Å². The second kappa shape index (κ2) is 6.26. The molecule has 0 unspecified atom stereocenters. The molecule has 2 aromatic carbocycles. The Bertz CT molecular complexity index is 591. The number of ether oxygens (including phenoxy) is 2. The van der Waals surface area contributed by atoms with E-state index in [1.165, 1.54) is 12.1 Å². The van der Waals surface area contributed by atoms with E-state index in [9.17, 15) is 15.3 Å². The molecular formula is C16H18O5. The number of benzene rings is 2. The molecule has 5 nitrogen and oxygen atoms in total. The molecule has 2 rings (SSSR count). The Hall–Kier alpha value is -2.56. The molecule has 3 N–H and O–H groups in total. The fourth-order valence-corrected chi connectivity index (χ4v) is 2.10. The summed E-state index contributed by atoms with van der Waals surface area (Å²) in [7, 11) is 3.18. The second-order valence-electron chi connectivity index (χ2n) is 4.70. The van der Waals surface area contributed by atoms with Gasteiger partial charge in [0.25, 0.3) is 0 Å². The summed E-state index contributed by atoms with van der Waals surface area (Å²) >= 11 is 0. The van der Waals surface area contributed by atoms with E-state index in [-0.39, 0.29) is 11.5 Å². The third-order valence-electron chi connectivity index (χ3n) is 3.24. The maximum atomic E-state index is 9.49. The van der Waals surface area contributed by atoms with E-state index in [0.717, 1.165) is 11.1 Å². The van der Waals surface area contributed by atoms with Crippen LogP contribution in [-0.4, -0.2) is 29.5 Å². The summed E-state index contributed by atoms with van der Waals surface area (Å²) in [6.45, 7) is 0. The first kappa shape index (κ1) is 14.8. The summed E-state index contributed by atoms with van der Waals surface area (Å²) in [5.74, 6) is 0.268. The topological polar surface area (TPSA) is 79.2 Å². The molecule has 0 heterocycles. The van der Waals surface area contributed by atoms with E-state index in [4.69, 9.17) is 9.47 Å². The Morgan fingerprint density at radius 2 is 1.14 bits per heavy atom. The molecule has 0 spiro atoms. The van der Waals surface area contributed by atoms with Gasteiger partial charge in [-0.25, -0.2) is 0 Å². The lowest BCUT2D eigenvalue weighted by atomic mass is 10.0. The number of aryl methyl sites for hydroxylation is 2. The van der Waals surface area contributed by atoms with Gasteiger partial charge in [0, 0.05) is 6.07 Å². The predicted octanol–water partition coefficient (Wildman–Crippen LogP) is 2.61. The number of aromatic hydroxyl groups is 3. The van der Waals surface area contributed by atoms with E-state index in [0.29, 0.717) is 24.3 Å². The van der Waals surface area contributed by atoms with E-state index in [1.807, 2.05) is 12.1 Å². The van der Waals surface area contributed by atoms with Gasteiger partial charge in [0.1, 0.15) is 11.5 Å². The standard InChI is InChI=1S/C16H18O5/c1-20-12-5-10(6-13(9-12)21-2)3-4-11-7-14(17)16(19)15(18)8-11/h5-9,17-19H,3-4H2,1-2H3. The Morgan fingerprint density at radius 3 is 1.57 bits per heavy atom. The molecule has 0 bridgehead atoms. The summed E-state index contributed by atoms with van der Waals surface area (Å²) in [6.07, 6.45) is 1.27. The number of hydrogen-bond acceptors (Lipinski definition) is 5. The summed E-state index contributed by atoms with van der Waals surface area (Å²) in [5.41, 5.74) is 1.74. The van der Waals surface area contributed by atoms with Gasteiger partial charge >= 0.3 is 0 Å². The number of rotatable bonds is 5. The first-order chi connectivity index (χ1) is 10.0. The minimum Gasteiger partial charge on any atom is -0.504 e. The Kier molecular flexibility index (Phi) is 4.42. The maximum absolute atomic E-state index is 9.49. The van der Waals surface area contributed by atoms with Gasteiger partial charge in [-0.1, -0.05) is 0 Å². The molecule has 21 heavy (non-hydrogen) atoms. The third-order valence-corrected chi connectivity index (χ3v) is 3.24. The van der Waals surface area contributed by atoms with Gasteiger partial charge in [-0.15, -0.1) is 0 Å². The van der Waals surface area contributed by atoms with Crippen LogP contribution >= 0.6 is 0 Å². The maximum Gasteiger partial charge on any atom is 0.200 e. The molecule has 0 fully saturated rings. The van der Waals surface area contributed by atoms with Crippen molar-refractivity contribution < 1.29 is 24.8 Å². The van der Waals surface area contributed by atoms with Crippen LogP contribution < -0.4 is 9.47 Å². The molecule has 0 atom stereocenters. The van der Waals surface area contributed by atoms with Crippen LogP contribution in [0.4, 0.5) is 0 Å². The van der Waals surface area contributed by atoms with Crippen molar-refractivity contribution in [1.29, 1.82) is 0 Å². The zero-order valence-electron chi connectivity index (χ0n) is 12.0. The number of hydrogen-bond donors (Lipinski definition) is 3. The van der Waals surface area contributed by atoms with E-state index >= 15 is 0 Å². The lowest BCUT2D eigenvalue weighted by Gasteiger charge is -2.09. The van der Waals surface area contributed by atoms with Crippen molar-refractivity contribution in [3.05, 3.63) is 41.5 Å². The normalized spacial score (nSPS) is 10.4. The fraction of sp³-hybridized carbons (Fsp3) is 0.250. The monoisotopic (exact) mass is 290 g/mol. The molecule has 0 radical (unpaired) electrons. The Labute approximate surface area is 123 Å². The minimum atomic E-state index is -0.498. The molecule has 0 aliphatic heterocycles. The number of phenolic OH excluding ortho intramolecular Hbond substituents is 3. The van der Waals surface area contributed by atoms with Crippen molar-refractivity contribution in [3.8, 4) is 28.7 Å². The first-order valence-electron chi connectivity index (χ1n) is 6.49. The van der Waals surface area contributed by atoms with Crippen LogP contribution in [-0.2, 0) is 12.8 Å². The molecule has 112 valence electrons. The van der Waals surface area contributed by atoms with Gasteiger partial charge in [0.05, 0.1) is 14.2 Å². The van der Waals surface area contributed by atoms with Crippen molar-refractivity contribution in [1.82, 2.24) is 0 Å². The lowest BCUT2D eigenvalue weighted by Crippen LogP contribution is -1.95. The smallest absolute Gasteiger partial charge is 0.200 e. The van der Waals surface area contributed by atoms with Crippen molar-refractivity contribution in [3.63, 3.8) is 0 Å². The largest absolute Gasteiger partial charge is 0.504 e. The highest BCUT2D eigenvalue weighted by Crippen LogP contribution is 2.35. The molecule has 2 aromatic rings. The van der Waals surface area contributed by atoms with E-state index in [2.05, 4.69) is 0 Å². The molecule has 0 aliphatic carbocycles. The van der Waals surface area contributed by atoms with Crippen molar-refractivity contribution in [2.45, 2.75) is 12.8 Å². The van der Waals surface area contributed by atoms with Crippen LogP contribution in [0.3, 0.4) is 0 Å². The lowest BCUT2D eigenvalue weighted by molar-refractivity contribution is 0.367.